The van der Waals surface area contributed by atoms with Crippen LogP contribution < -0.4 is 20.4 Å². The van der Waals surface area contributed by atoms with Gasteiger partial charge in [-0.1, -0.05) is 78.1 Å². The van der Waals surface area contributed by atoms with Crippen LogP contribution in [0.15, 0.2) is 23.3 Å². The van der Waals surface area contributed by atoms with E-state index in [-0.39, 0.29) is 45.1 Å². The predicted octanol–water partition coefficient (Wildman–Crippen LogP) is 2.63. The van der Waals surface area contributed by atoms with Crippen LogP contribution in [0.25, 0.3) is 0 Å². The molecule has 0 aliphatic rings. The summed E-state index contributed by atoms with van der Waals surface area (Å²) in [5, 5.41) is 41.5. The topological polar surface area (TPSA) is 161 Å². The molecular formula is C32H56O8Sn. The molecule has 0 rings (SSSR count). The minimum absolute atomic E-state index is 0.185. The van der Waals surface area contributed by atoms with Crippen LogP contribution in [0.4, 0.5) is 0 Å². The van der Waals surface area contributed by atoms with E-state index in [0.717, 1.165) is 63.2 Å². The second-order valence-corrected chi connectivity index (χ2v) is 16.6. The fourth-order valence-corrected chi connectivity index (χ4v) is 9.21. The summed E-state index contributed by atoms with van der Waals surface area (Å²) in [4.78, 5) is 41.5. The van der Waals surface area contributed by atoms with Crippen LogP contribution in [0.2, 0.25) is 8.87 Å². The first kappa shape index (κ1) is 43.6. The summed E-state index contributed by atoms with van der Waals surface area (Å²) in [6, 6.07) is 0. The van der Waals surface area contributed by atoms with Gasteiger partial charge < -0.3 is 39.6 Å². The van der Waals surface area contributed by atoms with Crippen molar-refractivity contribution in [3.63, 3.8) is 0 Å². The van der Waals surface area contributed by atoms with E-state index in [1.54, 1.807) is 8.87 Å². The molecule has 0 N–H and O–H groups in total. The van der Waals surface area contributed by atoms with Crippen LogP contribution >= 0.6 is 0 Å². The number of carbonyl (C=O) groups is 4. The number of hydrogen-bond donors (Lipinski definition) is 0. The number of rotatable bonds is 22. The van der Waals surface area contributed by atoms with Crippen molar-refractivity contribution in [1.29, 1.82) is 0 Å². The van der Waals surface area contributed by atoms with E-state index in [0.29, 0.717) is 25.0 Å². The summed E-state index contributed by atoms with van der Waals surface area (Å²) in [6.45, 7) is 13.6. The fraction of sp³-hybridized carbons (Fsp3) is 0.750. The molecule has 0 saturated heterocycles. The van der Waals surface area contributed by atoms with E-state index in [1.165, 1.54) is 12.8 Å². The Morgan fingerprint density at radius 1 is 0.537 bits per heavy atom. The van der Waals surface area contributed by atoms with E-state index >= 15 is 0 Å². The Kier molecular flexibility index (Phi) is 33.1. The van der Waals surface area contributed by atoms with Crippen molar-refractivity contribution in [3.05, 3.63) is 23.3 Å². The van der Waals surface area contributed by atoms with Gasteiger partial charge in [0.05, 0.1) is 23.9 Å². The second kappa shape index (κ2) is 31.1. The predicted molar refractivity (Wildman–Crippen MR) is 160 cm³/mol. The normalized spacial score (nSPS) is 11.4. The summed E-state index contributed by atoms with van der Waals surface area (Å²) >= 11 is -0.245. The summed E-state index contributed by atoms with van der Waals surface area (Å²) in [7, 11) is 0. The molecule has 0 amide bonds. The fourth-order valence-electron chi connectivity index (χ4n) is 3.88. The van der Waals surface area contributed by atoms with E-state index in [1.807, 2.05) is 0 Å². The number of carbonyl (C=O) groups excluding carboxylic acids is 4. The van der Waals surface area contributed by atoms with Crippen molar-refractivity contribution in [2.45, 2.75) is 140 Å². The summed E-state index contributed by atoms with van der Waals surface area (Å²) in [5.74, 6) is -3.83. The van der Waals surface area contributed by atoms with Gasteiger partial charge in [0.1, 0.15) is 0 Å². The molecule has 4 radical (unpaired) electrons. The SMILES string of the molecule is CC(C)[CH2][SnH2+4][CH2]C(C)C.CCCCCCCC/C(=C/C(=O)[O-])C(=O)[O-].CCCCCCCC/C(=C/C(=O)[O-])C(=O)[O-]. The van der Waals surface area contributed by atoms with Crippen molar-refractivity contribution in [2.75, 3.05) is 0 Å². The third kappa shape index (κ3) is 38.2. The monoisotopic (exact) mass is 688 g/mol. The zero-order valence-electron chi connectivity index (χ0n) is 26.6. The van der Waals surface area contributed by atoms with Gasteiger partial charge in [-0.3, -0.25) is 0 Å². The number of carboxylic acids is 4. The van der Waals surface area contributed by atoms with E-state index < -0.39 is 23.9 Å². The maximum absolute atomic E-state index is 10.5. The van der Waals surface area contributed by atoms with E-state index in [2.05, 4.69) is 41.5 Å². The molecule has 0 aliphatic heterocycles. The van der Waals surface area contributed by atoms with Gasteiger partial charge >= 0.3 is 69.5 Å². The molecule has 9 heteroatoms. The average molecular weight is 688 g/mol. The van der Waals surface area contributed by atoms with E-state index in [9.17, 15) is 39.6 Å². The van der Waals surface area contributed by atoms with Crippen molar-refractivity contribution in [1.82, 2.24) is 0 Å². The van der Waals surface area contributed by atoms with Crippen LogP contribution in [-0.2, 0) is 19.2 Å². The Morgan fingerprint density at radius 3 is 1.07 bits per heavy atom. The smallest absolute Gasteiger partial charge is 0.0675 e. The number of carboxylic acid groups (broad SMARTS) is 4. The van der Waals surface area contributed by atoms with Gasteiger partial charge in [0.2, 0.25) is 0 Å². The third-order valence-corrected chi connectivity index (χ3v) is 15.2. The first-order valence-corrected chi connectivity index (χ1v) is 21.2. The largest absolute Gasteiger partial charge is 0.545 e. The molecule has 0 atom stereocenters. The van der Waals surface area contributed by atoms with E-state index in [4.69, 9.17) is 0 Å². The molecule has 0 aromatic heterocycles. The first-order chi connectivity index (χ1) is 19.3. The molecule has 0 spiro atoms. The van der Waals surface area contributed by atoms with Gasteiger partial charge in [0.25, 0.3) is 0 Å². The van der Waals surface area contributed by atoms with Gasteiger partial charge in [-0.15, -0.1) is 0 Å². The van der Waals surface area contributed by atoms with Gasteiger partial charge in [-0.05, 0) is 49.0 Å². The van der Waals surface area contributed by atoms with Gasteiger partial charge in [-0.2, -0.15) is 0 Å². The standard InChI is InChI=1S/2C12H20O4.2C4H9.Sn.2H/c2*1-2-3-4-5-6-7-8-10(12(15)16)9-11(13)14;2*1-4(2)3;;;/h2*9H,2-8H2,1H3,(H,13,14)(H,15,16);2*4H,1H2,2-3H3;;;/q;;;;+4;;/p-4/b2*10-9-;;;;;. The molecule has 0 aromatic rings. The number of hydrogen-bond acceptors (Lipinski definition) is 8. The Bertz CT molecular complexity index is 695. The summed E-state index contributed by atoms with van der Waals surface area (Å²) < 4.78 is 3.22. The van der Waals surface area contributed by atoms with Crippen molar-refractivity contribution < 1.29 is 39.6 Å². The quantitative estimate of drug-likeness (QED) is 0.0954. The number of aliphatic carboxylic acids is 4. The average Bonchev–Trinajstić information content (AvgIpc) is 2.86. The molecule has 236 valence electrons. The zero-order valence-corrected chi connectivity index (χ0v) is 30.6. The Balaban J connectivity index is -0.000000551. The minimum atomic E-state index is -1.48. The van der Waals surface area contributed by atoms with Crippen molar-refractivity contribution >= 4 is 45.0 Å². The Hall–Kier alpha value is -1.84. The molecular weight excluding hydrogens is 631 g/mol. The molecule has 0 unspecified atom stereocenters. The second-order valence-electron chi connectivity index (χ2n) is 11.3. The molecule has 41 heavy (non-hydrogen) atoms. The van der Waals surface area contributed by atoms with Gasteiger partial charge in [-0.25, -0.2) is 0 Å². The molecule has 0 bridgehead atoms. The summed E-state index contributed by atoms with van der Waals surface area (Å²) in [6.07, 6.45) is 14.0. The minimum Gasteiger partial charge on any atom is -0.545 e. The number of unbranched alkanes of at least 4 members (excludes halogenated alkanes) is 10. The molecule has 0 heterocycles. The van der Waals surface area contributed by atoms with Crippen LogP contribution in [-0.4, -0.2) is 45.0 Å². The molecule has 0 saturated carbocycles. The van der Waals surface area contributed by atoms with Gasteiger partial charge in [0, 0.05) is 0 Å². The maximum atomic E-state index is 10.5. The Labute approximate surface area is 259 Å². The van der Waals surface area contributed by atoms with Crippen LogP contribution in [0.5, 0.6) is 0 Å². The molecule has 8 nitrogen and oxygen atoms in total. The first-order valence-electron chi connectivity index (χ1n) is 15.5. The zero-order chi connectivity index (χ0) is 32.1. The molecule has 0 aromatic carbocycles. The van der Waals surface area contributed by atoms with Crippen LogP contribution in [0.3, 0.4) is 0 Å². The summed E-state index contributed by atoms with van der Waals surface area (Å²) in [5.41, 5.74) is -0.369. The van der Waals surface area contributed by atoms with Gasteiger partial charge in [0.15, 0.2) is 0 Å². The van der Waals surface area contributed by atoms with Crippen LogP contribution in [0.1, 0.15) is 131 Å². The van der Waals surface area contributed by atoms with Crippen molar-refractivity contribution in [3.8, 4) is 0 Å². The molecule has 0 fully saturated rings. The molecule has 0 aliphatic carbocycles. The maximum Gasteiger partial charge on any atom is 0.0675 e. The Morgan fingerprint density at radius 2 is 0.829 bits per heavy atom. The third-order valence-electron chi connectivity index (χ3n) is 6.27. The van der Waals surface area contributed by atoms with Crippen LogP contribution in [0, 0.1) is 11.8 Å². The van der Waals surface area contributed by atoms with Crippen molar-refractivity contribution in [2.24, 2.45) is 11.8 Å².